The highest BCUT2D eigenvalue weighted by molar-refractivity contribution is 5.98. The molecule has 18 heavy (non-hydrogen) atoms. The Morgan fingerprint density at radius 2 is 1.83 bits per heavy atom. The van der Waals surface area contributed by atoms with Crippen molar-refractivity contribution >= 4 is 11.5 Å². The van der Waals surface area contributed by atoms with Gasteiger partial charge >= 0.3 is 0 Å². The third-order valence-electron chi connectivity index (χ3n) is 4.03. The molecule has 1 aliphatic rings. The van der Waals surface area contributed by atoms with Crippen molar-refractivity contribution in [3.8, 4) is 0 Å². The number of rotatable bonds is 3. The minimum Gasteiger partial charge on any atom is -0.378 e. The lowest BCUT2D eigenvalue weighted by atomic mass is 9.79. The van der Waals surface area contributed by atoms with Gasteiger partial charge in [-0.05, 0) is 30.9 Å². The number of hydrogen-bond donors (Lipinski definition) is 0. The van der Waals surface area contributed by atoms with E-state index in [4.69, 9.17) is 0 Å². The van der Waals surface area contributed by atoms with Crippen LogP contribution in [0.5, 0.6) is 0 Å². The van der Waals surface area contributed by atoms with Gasteiger partial charge in [-0.2, -0.15) is 0 Å². The Bertz CT molecular complexity index is 417. The molecule has 0 bridgehead atoms. The summed E-state index contributed by atoms with van der Waals surface area (Å²) < 4.78 is 0. The molecule has 1 aliphatic carbocycles. The zero-order valence-electron chi connectivity index (χ0n) is 11.6. The molecule has 0 N–H and O–H groups in total. The molecule has 0 heterocycles. The molecule has 2 nitrogen and oxygen atoms in total. The standard InChI is InChI=1S/C16H23NO/c1-12-7-9-13(10-8-12)16(18)14-5-4-6-15(11-14)17(2)3/h4-6,11-13H,7-10H2,1-3H3. The summed E-state index contributed by atoms with van der Waals surface area (Å²) in [5.41, 5.74) is 1.98. The van der Waals surface area contributed by atoms with Gasteiger partial charge < -0.3 is 4.90 Å². The maximum Gasteiger partial charge on any atom is 0.166 e. The van der Waals surface area contributed by atoms with Crippen LogP contribution in [0.25, 0.3) is 0 Å². The third-order valence-corrected chi connectivity index (χ3v) is 4.03. The Morgan fingerprint density at radius 1 is 1.17 bits per heavy atom. The van der Waals surface area contributed by atoms with Gasteiger partial charge in [0.1, 0.15) is 0 Å². The van der Waals surface area contributed by atoms with Crippen LogP contribution in [0.1, 0.15) is 43.0 Å². The van der Waals surface area contributed by atoms with E-state index in [0.29, 0.717) is 5.78 Å². The molecule has 2 rings (SSSR count). The van der Waals surface area contributed by atoms with Crippen LogP contribution in [0, 0.1) is 11.8 Å². The Morgan fingerprint density at radius 3 is 2.44 bits per heavy atom. The summed E-state index contributed by atoms with van der Waals surface area (Å²) in [4.78, 5) is 14.5. The zero-order valence-corrected chi connectivity index (χ0v) is 11.6. The van der Waals surface area contributed by atoms with E-state index in [1.54, 1.807) is 0 Å². The van der Waals surface area contributed by atoms with E-state index >= 15 is 0 Å². The van der Waals surface area contributed by atoms with E-state index in [2.05, 4.69) is 6.92 Å². The van der Waals surface area contributed by atoms with Crippen LogP contribution in [0.15, 0.2) is 24.3 Å². The molecule has 1 aromatic carbocycles. The fraction of sp³-hybridized carbons (Fsp3) is 0.562. The summed E-state index contributed by atoms with van der Waals surface area (Å²) in [6.45, 7) is 2.29. The smallest absolute Gasteiger partial charge is 0.166 e. The third kappa shape index (κ3) is 2.92. The number of hydrogen-bond acceptors (Lipinski definition) is 2. The van der Waals surface area contributed by atoms with Crippen LogP contribution in [-0.2, 0) is 0 Å². The van der Waals surface area contributed by atoms with E-state index in [1.165, 1.54) is 12.8 Å². The Labute approximate surface area is 110 Å². The minimum atomic E-state index is 0.249. The summed E-state index contributed by atoms with van der Waals surface area (Å²) in [6.07, 6.45) is 4.52. The molecular weight excluding hydrogens is 222 g/mol. The molecule has 1 fully saturated rings. The van der Waals surface area contributed by atoms with Crippen LogP contribution in [0.2, 0.25) is 0 Å². The number of carbonyl (C=O) groups excluding carboxylic acids is 1. The van der Waals surface area contributed by atoms with Crippen molar-refractivity contribution in [2.75, 3.05) is 19.0 Å². The fourth-order valence-corrected chi connectivity index (χ4v) is 2.70. The minimum absolute atomic E-state index is 0.249. The summed E-state index contributed by atoms with van der Waals surface area (Å²) >= 11 is 0. The molecule has 1 saturated carbocycles. The number of Topliss-reactive ketones (excluding diaryl/α,β-unsaturated/α-hetero) is 1. The Balaban J connectivity index is 2.11. The fourth-order valence-electron chi connectivity index (χ4n) is 2.70. The van der Waals surface area contributed by atoms with E-state index in [9.17, 15) is 4.79 Å². The number of nitrogens with zero attached hydrogens (tertiary/aromatic N) is 1. The van der Waals surface area contributed by atoms with Gasteiger partial charge in [0.15, 0.2) is 5.78 Å². The van der Waals surface area contributed by atoms with Crippen LogP contribution < -0.4 is 4.90 Å². The van der Waals surface area contributed by atoms with Crippen molar-refractivity contribution in [1.82, 2.24) is 0 Å². The lowest BCUT2D eigenvalue weighted by Gasteiger charge is -2.25. The van der Waals surface area contributed by atoms with Crippen LogP contribution in [-0.4, -0.2) is 19.9 Å². The van der Waals surface area contributed by atoms with Gasteiger partial charge in [0.2, 0.25) is 0 Å². The first kappa shape index (κ1) is 13.1. The maximum absolute atomic E-state index is 12.5. The van der Waals surface area contributed by atoms with E-state index < -0.39 is 0 Å². The predicted octanol–water partition coefficient (Wildman–Crippen LogP) is 3.76. The summed E-state index contributed by atoms with van der Waals surface area (Å²) in [5, 5.41) is 0. The highest BCUT2D eigenvalue weighted by Gasteiger charge is 2.25. The number of carbonyl (C=O) groups is 1. The summed E-state index contributed by atoms with van der Waals surface area (Å²) in [6, 6.07) is 7.99. The largest absolute Gasteiger partial charge is 0.378 e. The topological polar surface area (TPSA) is 20.3 Å². The molecule has 0 aliphatic heterocycles. The van der Waals surface area contributed by atoms with Crippen LogP contribution in [0.4, 0.5) is 5.69 Å². The number of ketones is 1. The van der Waals surface area contributed by atoms with Crippen molar-refractivity contribution in [3.63, 3.8) is 0 Å². The molecule has 0 atom stereocenters. The second-order valence-corrected chi connectivity index (χ2v) is 5.77. The second kappa shape index (κ2) is 5.55. The van der Waals surface area contributed by atoms with Crippen LogP contribution >= 0.6 is 0 Å². The number of anilines is 1. The molecule has 0 radical (unpaired) electrons. The first-order chi connectivity index (χ1) is 8.58. The average Bonchev–Trinajstić information content (AvgIpc) is 2.39. The zero-order chi connectivity index (χ0) is 13.1. The Hall–Kier alpha value is -1.31. The summed E-state index contributed by atoms with van der Waals surface area (Å²) in [5.74, 6) is 1.38. The molecule has 0 aromatic heterocycles. The molecule has 1 aromatic rings. The molecule has 98 valence electrons. The van der Waals surface area contributed by atoms with Gasteiger partial charge in [-0.15, -0.1) is 0 Å². The van der Waals surface area contributed by atoms with Gasteiger partial charge in [-0.1, -0.05) is 31.9 Å². The lowest BCUT2D eigenvalue weighted by molar-refractivity contribution is 0.0875. The van der Waals surface area contributed by atoms with Crippen LogP contribution in [0.3, 0.4) is 0 Å². The quantitative estimate of drug-likeness (QED) is 0.756. The monoisotopic (exact) mass is 245 g/mol. The van der Waals surface area contributed by atoms with E-state index in [1.807, 2.05) is 43.3 Å². The van der Waals surface area contributed by atoms with Crippen molar-refractivity contribution in [2.45, 2.75) is 32.6 Å². The molecule has 2 heteroatoms. The van der Waals surface area contributed by atoms with Crippen molar-refractivity contribution in [2.24, 2.45) is 11.8 Å². The van der Waals surface area contributed by atoms with E-state index in [0.717, 1.165) is 30.0 Å². The van der Waals surface area contributed by atoms with Gasteiger partial charge in [0.25, 0.3) is 0 Å². The maximum atomic E-state index is 12.5. The molecular formula is C16H23NO. The first-order valence-corrected chi connectivity index (χ1v) is 6.89. The van der Waals surface area contributed by atoms with Crippen molar-refractivity contribution in [3.05, 3.63) is 29.8 Å². The first-order valence-electron chi connectivity index (χ1n) is 6.89. The summed E-state index contributed by atoms with van der Waals surface area (Å²) in [7, 11) is 4.01. The lowest BCUT2D eigenvalue weighted by Crippen LogP contribution is -2.21. The molecule has 0 unspecified atom stereocenters. The van der Waals surface area contributed by atoms with Gasteiger partial charge in [0.05, 0.1) is 0 Å². The van der Waals surface area contributed by atoms with Crippen molar-refractivity contribution in [1.29, 1.82) is 0 Å². The number of benzene rings is 1. The normalized spacial score (nSPS) is 23.7. The van der Waals surface area contributed by atoms with E-state index in [-0.39, 0.29) is 5.92 Å². The molecule has 0 spiro atoms. The SMILES string of the molecule is CC1CCC(C(=O)c2cccc(N(C)C)c2)CC1. The van der Waals surface area contributed by atoms with Crippen molar-refractivity contribution < 1.29 is 4.79 Å². The highest BCUT2D eigenvalue weighted by atomic mass is 16.1. The van der Waals surface area contributed by atoms with Gasteiger partial charge in [-0.3, -0.25) is 4.79 Å². The van der Waals surface area contributed by atoms with Gasteiger partial charge in [0, 0.05) is 31.3 Å². The molecule has 0 saturated heterocycles. The van der Waals surface area contributed by atoms with Gasteiger partial charge in [-0.25, -0.2) is 0 Å². The highest BCUT2D eigenvalue weighted by Crippen LogP contribution is 2.31. The Kier molecular flexibility index (Phi) is 4.05. The molecule has 0 amide bonds. The predicted molar refractivity (Wildman–Crippen MR) is 76.2 cm³/mol. The second-order valence-electron chi connectivity index (χ2n) is 5.77. The average molecular weight is 245 g/mol.